The fraction of sp³-hybridized carbons (Fsp3) is 0.0769. The lowest BCUT2D eigenvalue weighted by molar-refractivity contribution is -0.142. The maximum atomic E-state index is 14.0. The van der Waals surface area contributed by atoms with Crippen molar-refractivity contribution in [1.82, 2.24) is 0 Å². The second-order valence-corrected chi connectivity index (χ2v) is 4.82. The van der Waals surface area contributed by atoms with Crippen molar-refractivity contribution in [3.8, 4) is 11.1 Å². The summed E-state index contributed by atoms with van der Waals surface area (Å²) in [6, 6.07) is 4.79. The van der Waals surface area contributed by atoms with Gasteiger partial charge in [0.2, 0.25) is 0 Å². The molecule has 0 aliphatic rings. The first-order valence-corrected chi connectivity index (χ1v) is 6.09. The zero-order chi connectivity index (χ0) is 15.9. The molecule has 0 unspecified atom stereocenters. The largest absolute Gasteiger partial charge is 0.422 e. The SMILES string of the molecule is Fc1c(F)c(C(F)(F)F)c(F)c(-c2ccc(Cl)cc2)c1Cl. The van der Waals surface area contributed by atoms with Crippen LogP contribution in [0, 0.1) is 17.5 Å². The van der Waals surface area contributed by atoms with Crippen molar-refractivity contribution in [2.75, 3.05) is 0 Å². The minimum atomic E-state index is -5.40. The Bertz CT molecular complexity index is 692. The predicted molar refractivity (Wildman–Crippen MR) is 66.8 cm³/mol. The van der Waals surface area contributed by atoms with Crippen LogP contribution in [-0.2, 0) is 6.18 Å². The Hall–Kier alpha value is -1.40. The predicted octanol–water partition coefficient (Wildman–Crippen LogP) is 6.10. The normalized spacial score (nSPS) is 11.8. The molecule has 0 radical (unpaired) electrons. The van der Waals surface area contributed by atoms with Crippen LogP contribution in [0.3, 0.4) is 0 Å². The molecule has 0 aliphatic heterocycles. The topological polar surface area (TPSA) is 0 Å². The van der Waals surface area contributed by atoms with Gasteiger partial charge in [0.1, 0.15) is 11.4 Å². The van der Waals surface area contributed by atoms with Crippen molar-refractivity contribution < 1.29 is 26.3 Å². The van der Waals surface area contributed by atoms with Gasteiger partial charge in [0.15, 0.2) is 11.6 Å². The van der Waals surface area contributed by atoms with E-state index in [0.29, 0.717) is 0 Å². The number of halogens is 8. The number of alkyl halides is 3. The Balaban J connectivity index is 2.84. The fourth-order valence-corrected chi connectivity index (χ4v) is 2.15. The van der Waals surface area contributed by atoms with E-state index in [-0.39, 0.29) is 10.6 Å². The molecular formula is C13H4Cl2F6. The molecule has 0 N–H and O–H groups in total. The van der Waals surface area contributed by atoms with E-state index in [1.165, 1.54) is 12.1 Å². The van der Waals surface area contributed by atoms with Gasteiger partial charge in [0, 0.05) is 10.6 Å². The molecule has 112 valence electrons. The molecular weight excluding hydrogens is 341 g/mol. The van der Waals surface area contributed by atoms with Crippen molar-refractivity contribution in [3.05, 3.63) is 57.3 Å². The molecule has 0 fully saturated rings. The lowest BCUT2D eigenvalue weighted by atomic mass is 10.0. The fourth-order valence-electron chi connectivity index (χ4n) is 1.75. The van der Waals surface area contributed by atoms with Crippen LogP contribution in [0.4, 0.5) is 26.3 Å². The van der Waals surface area contributed by atoms with Crippen LogP contribution in [0.1, 0.15) is 5.56 Å². The van der Waals surface area contributed by atoms with Crippen LogP contribution in [0.25, 0.3) is 11.1 Å². The Morgan fingerprint density at radius 1 is 0.762 bits per heavy atom. The van der Waals surface area contributed by atoms with Gasteiger partial charge in [-0.15, -0.1) is 0 Å². The summed E-state index contributed by atoms with van der Waals surface area (Å²) < 4.78 is 78.9. The number of rotatable bonds is 1. The number of hydrogen-bond donors (Lipinski definition) is 0. The Morgan fingerprint density at radius 3 is 1.76 bits per heavy atom. The highest BCUT2D eigenvalue weighted by Gasteiger charge is 2.41. The molecule has 0 aliphatic carbocycles. The molecule has 0 bridgehead atoms. The molecule has 0 saturated heterocycles. The Morgan fingerprint density at radius 2 is 1.29 bits per heavy atom. The summed E-state index contributed by atoms with van der Waals surface area (Å²) in [4.78, 5) is 0. The Labute approximate surface area is 124 Å². The number of benzene rings is 2. The molecule has 2 aromatic carbocycles. The highest BCUT2D eigenvalue weighted by atomic mass is 35.5. The van der Waals surface area contributed by atoms with E-state index in [9.17, 15) is 26.3 Å². The third-order valence-corrected chi connectivity index (χ3v) is 3.29. The third-order valence-electron chi connectivity index (χ3n) is 2.68. The molecule has 0 nitrogen and oxygen atoms in total. The minimum Gasteiger partial charge on any atom is -0.205 e. The summed E-state index contributed by atoms with van der Waals surface area (Å²) in [5.74, 6) is -6.31. The van der Waals surface area contributed by atoms with Crippen molar-refractivity contribution in [2.45, 2.75) is 6.18 Å². The molecule has 2 rings (SSSR count). The summed E-state index contributed by atoms with van der Waals surface area (Å²) in [7, 11) is 0. The molecule has 0 atom stereocenters. The third kappa shape index (κ3) is 2.82. The summed E-state index contributed by atoms with van der Waals surface area (Å²) in [6.07, 6.45) is -5.40. The highest BCUT2D eigenvalue weighted by Crippen LogP contribution is 2.42. The average Bonchev–Trinajstić information content (AvgIpc) is 2.37. The summed E-state index contributed by atoms with van der Waals surface area (Å²) >= 11 is 11.0. The van der Waals surface area contributed by atoms with E-state index in [1.54, 1.807) is 0 Å². The van der Waals surface area contributed by atoms with Gasteiger partial charge < -0.3 is 0 Å². The minimum absolute atomic E-state index is 0.161. The summed E-state index contributed by atoms with van der Waals surface area (Å²) in [5, 5.41) is -0.839. The maximum Gasteiger partial charge on any atom is 0.422 e. The maximum absolute atomic E-state index is 14.0. The second-order valence-electron chi connectivity index (χ2n) is 4.01. The van der Waals surface area contributed by atoms with Gasteiger partial charge in [0.25, 0.3) is 0 Å². The average molecular weight is 345 g/mol. The van der Waals surface area contributed by atoms with Gasteiger partial charge in [-0.1, -0.05) is 35.3 Å². The van der Waals surface area contributed by atoms with E-state index >= 15 is 0 Å². The molecule has 0 amide bonds. The van der Waals surface area contributed by atoms with E-state index in [4.69, 9.17) is 23.2 Å². The van der Waals surface area contributed by atoms with E-state index in [2.05, 4.69) is 0 Å². The molecule has 0 saturated carbocycles. The molecule has 8 heteroatoms. The smallest absolute Gasteiger partial charge is 0.205 e. The first-order chi connectivity index (χ1) is 9.64. The standard InChI is InChI=1S/C13H4Cl2F6/c14-6-3-1-5(2-4-6)7-9(15)12(18)11(17)8(10(7)16)13(19,20)21/h1-4H. The first-order valence-electron chi connectivity index (χ1n) is 5.33. The van der Waals surface area contributed by atoms with E-state index in [0.717, 1.165) is 12.1 Å². The number of hydrogen-bond acceptors (Lipinski definition) is 0. The van der Waals surface area contributed by atoms with Gasteiger partial charge >= 0.3 is 6.18 Å². The van der Waals surface area contributed by atoms with Gasteiger partial charge in [-0.2, -0.15) is 13.2 Å². The van der Waals surface area contributed by atoms with E-state index in [1.807, 2.05) is 0 Å². The monoisotopic (exact) mass is 344 g/mol. The first kappa shape index (κ1) is 16.0. The van der Waals surface area contributed by atoms with Gasteiger partial charge in [0.05, 0.1) is 5.02 Å². The van der Waals surface area contributed by atoms with Gasteiger partial charge in [-0.3, -0.25) is 0 Å². The van der Waals surface area contributed by atoms with Crippen LogP contribution in [-0.4, -0.2) is 0 Å². The van der Waals surface area contributed by atoms with Crippen LogP contribution in [0.2, 0.25) is 10.0 Å². The van der Waals surface area contributed by atoms with Crippen molar-refractivity contribution in [3.63, 3.8) is 0 Å². The Kier molecular flexibility index (Phi) is 4.13. The molecule has 0 aromatic heterocycles. The molecule has 0 spiro atoms. The van der Waals surface area contributed by atoms with E-state index < -0.39 is 39.8 Å². The quantitative estimate of drug-likeness (QED) is 0.333. The molecule has 21 heavy (non-hydrogen) atoms. The van der Waals surface area contributed by atoms with Gasteiger partial charge in [-0.25, -0.2) is 13.2 Å². The lowest BCUT2D eigenvalue weighted by Gasteiger charge is -2.15. The van der Waals surface area contributed by atoms with Crippen LogP contribution >= 0.6 is 23.2 Å². The van der Waals surface area contributed by atoms with Crippen LogP contribution < -0.4 is 0 Å². The zero-order valence-electron chi connectivity index (χ0n) is 9.83. The highest BCUT2D eigenvalue weighted by molar-refractivity contribution is 6.33. The molecule has 2 aromatic rings. The van der Waals surface area contributed by atoms with Crippen molar-refractivity contribution in [1.29, 1.82) is 0 Å². The molecule has 0 heterocycles. The van der Waals surface area contributed by atoms with Crippen molar-refractivity contribution >= 4 is 23.2 Å². The van der Waals surface area contributed by atoms with Crippen molar-refractivity contribution in [2.24, 2.45) is 0 Å². The van der Waals surface area contributed by atoms with Crippen LogP contribution in [0.15, 0.2) is 24.3 Å². The summed E-state index contributed by atoms with van der Waals surface area (Å²) in [6.45, 7) is 0. The lowest BCUT2D eigenvalue weighted by Crippen LogP contribution is -2.14. The van der Waals surface area contributed by atoms with Gasteiger partial charge in [-0.05, 0) is 17.7 Å². The summed E-state index contributed by atoms with van der Waals surface area (Å²) in [5.41, 5.74) is -3.36. The van der Waals surface area contributed by atoms with Crippen LogP contribution in [0.5, 0.6) is 0 Å². The second kappa shape index (κ2) is 5.42. The zero-order valence-corrected chi connectivity index (χ0v) is 11.3.